The molecule has 2 heterocycles. The summed E-state index contributed by atoms with van der Waals surface area (Å²) in [5.74, 6) is 1.90. The highest BCUT2D eigenvalue weighted by Gasteiger charge is 2.41. The number of thiophene rings is 1. The maximum atomic E-state index is 5.54. The molecule has 3 rings (SSSR count). The first kappa shape index (κ1) is 23.2. The second-order valence-electron chi connectivity index (χ2n) is 7.12. The maximum absolute atomic E-state index is 5.54. The van der Waals surface area contributed by atoms with Crippen LogP contribution in [0.4, 0.5) is 0 Å². The van der Waals surface area contributed by atoms with Gasteiger partial charge in [0, 0.05) is 44.1 Å². The lowest BCUT2D eigenvalue weighted by atomic mass is 10.0. The van der Waals surface area contributed by atoms with Crippen molar-refractivity contribution in [2.45, 2.75) is 39.0 Å². The summed E-state index contributed by atoms with van der Waals surface area (Å²) in [6.07, 6.45) is 7.23. The molecule has 0 spiro atoms. The highest BCUT2D eigenvalue weighted by atomic mass is 127. The van der Waals surface area contributed by atoms with Crippen molar-refractivity contribution in [1.82, 2.24) is 10.6 Å². The minimum absolute atomic E-state index is 0. The van der Waals surface area contributed by atoms with E-state index in [0.717, 1.165) is 63.8 Å². The van der Waals surface area contributed by atoms with Gasteiger partial charge in [-0.15, -0.1) is 35.3 Å². The predicted octanol–water partition coefficient (Wildman–Crippen LogP) is 4.49. The molecule has 2 aromatic heterocycles. The zero-order valence-electron chi connectivity index (χ0n) is 16.6. The molecular weight excluding hydrogens is 485 g/mol. The molecule has 2 N–H and O–H groups in total. The van der Waals surface area contributed by atoms with Crippen molar-refractivity contribution >= 4 is 41.3 Å². The summed E-state index contributed by atoms with van der Waals surface area (Å²) in [5, 5.41) is 9.07. The quantitative estimate of drug-likeness (QED) is 0.189. The van der Waals surface area contributed by atoms with Crippen LogP contribution in [0.1, 0.15) is 36.8 Å². The number of furan rings is 1. The minimum Gasteiger partial charge on any atom is -0.469 e. The first-order valence-electron chi connectivity index (χ1n) is 9.94. The summed E-state index contributed by atoms with van der Waals surface area (Å²) in [5.41, 5.74) is 0.360. The Balaban J connectivity index is 0.00000280. The number of rotatable bonds is 12. The number of nitrogens with zero attached hydrogens (tertiary/aromatic N) is 1. The van der Waals surface area contributed by atoms with Crippen molar-refractivity contribution in [3.8, 4) is 0 Å². The van der Waals surface area contributed by atoms with Crippen molar-refractivity contribution in [2.75, 3.05) is 32.8 Å². The number of ether oxygens (including phenoxy) is 1. The molecule has 28 heavy (non-hydrogen) atoms. The highest BCUT2D eigenvalue weighted by molar-refractivity contribution is 14.0. The lowest BCUT2D eigenvalue weighted by Crippen LogP contribution is -2.39. The molecule has 0 bridgehead atoms. The zero-order valence-corrected chi connectivity index (χ0v) is 19.8. The number of hydrogen-bond donors (Lipinski definition) is 2. The Kier molecular flexibility index (Phi) is 10.4. The fraction of sp³-hybridized carbons (Fsp3) is 0.571. The Hall–Kier alpha value is -1.06. The Morgan fingerprint density at radius 1 is 1.21 bits per heavy atom. The number of nitrogens with one attached hydrogen (secondary N) is 2. The van der Waals surface area contributed by atoms with E-state index in [9.17, 15) is 0 Å². The van der Waals surface area contributed by atoms with Gasteiger partial charge in [-0.25, -0.2) is 0 Å². The summed E-state index contributed by atoms with van der Waals surface area (Å²) in [6, 6.07) is 8.22. The first-order valence-corrected chi connectivity index (χ1v) is 10.8. The largest absolute Gasteiger partial charge is 0.469 e. The van der Waals surface area contributed by atoms with Gasteiger partial charge in [-0.3, -0.25) is 4.99 Å². The molecule has 0 amide bonds. The van der Waals surface area contributed by atoms with Crippen LogP contribution in [0.25, 0.3) is 0 Å². The zero-order chi connectivity index (χ0) is 18.8. The summed E-state index contributed by atoms with van der Waals surface area (Å²) < 4.78 is 11.0. The number of guanidine groups is 1. The van der Waals surface area contributed by atoms with Crippen LogP contribution in [0.2, 0.25) is 0 Å². The van der Waals surface area contributed by atoms with Crippen LogP contribution in [0, 0.1) is 5.41 Å². The molecule has 1 saturated carbocycles. The van der Waals surface area contributed by atoms with E-state index in [-0.39, 0.29) is 24.0 Å². The van der Waals surface area contributed by atoms with Crippen LogP contribution in [-0.2, 0) is 17.6 Å². The third kappa shape index (κ3) is 8.13. The Labute approximate surface area is 189 Å². The summed E-state index contributed by atoms with van der Waals surface area (Å²) >= 11 is 1.80. The van der Waals surface area contributed by atoms with Crippen LogP contribution < -0.4 is 10.6 Å². The van der Waals surface area contributed by atoms with Gasteiger partial charge in [0.1, 0.15) is 5.76 Å². The fourth-order valence-electron chi connectivity index (χ4n) is 3.04. The molecule has 1 aliphatic rings. The molecule has 0 aliphatic heterocycles. The molecule has 0 atom stereocenters. The fourth-order valence-corrected chi connectivity index (χ4v) is 3.74. The van der Waals surface area contributed by atoms with Crippen LogP contribution in [0.5, 0.6) is 0 Å². The SMILES string of the molecule is CCOCCC1(CN=C(NCCc2ccco2)NCCc2cccs2)CC1.I. The summed E-state index contributed by atoms with van der Waals surface area (Å²) in [6.45, 7) is 6.26. The van der Waals surface area contributed by atoms with Crippen molar-refractivity contribution in [3.05, 3.63) is 46.5 Å². The van der Waals surface area contributed by atoms with E-state index in [0.29, 0.717) is 5.41 Å². The van der Waals surface area contributed by atoms with E-state index in [1.54, 1.807) is 17.6 Å². The normalized spacial score (nSPS) is 15.1. The number of aliphatic imine (C=N–C) groups is 1. The smallest absolute Gasteiger partial charge is 0.191 e. The van der Waals surface area contributed by atoms with Gasteiger partial charge in [0.2, 0.25) is 0 Å². The van der Waals surface area contributed by atoms with Crippen LogP contribution >= 0.6 is 35.3 Å². The van der Waals surface area contributed by atoms with E-state index < -0.39 is 0 Å². The second kappa shape index (κ2) is 12.5. The maximum Gasteiger partial charge on any atom is 0.191 e. The average Bonchev–Trinajstić information content (AvgIpc) is 3.05. The van der Waals surface area contributed by atoms with Gasteiger partial charge < -0.3 is 19.8 Å². The monoisotopic (exact) mass is 517 g/mol. The number of halogens is 1. The molecule has 1 aliphatic carbocycles. The van der Waals surface area contributed by atoms with Gasteiger partial charge in [-0.05, 0) is 61.6 Å². The molecule has 1 fully saturated rings. The lowest BCUT2D eigenvalue weighted by Gasteiger charge is -2.16. The van der Waals surface area contributed by atoms with E-state index in [2.05, 4.69) is 35.1 Å². The predicted molar refractivity (Wildman–Crippen MR) is 127 cm³/mol. The Bertz CT molecular complexity index is 628. The van der Waals surface area contributed by atoms with Gasteiger partial charge in [0.15, 0.2) is 5.96 Å². The topological polar surface area (TPSA) is 58.8 Å². The van der Waals surface area contributed by atoms with Gasteiger partial charge in [-0.2, -0.15) is 0 Å². The third-order valence-corrected chi connectivity index (χ3v) is 5.93. The van der Waals surface area contributed by atoms with E-state index in [1.165, 1.54) is 17.7 Å². The molecular formula is C21H32IN3O2S. The van der Waals surface area contributed by atoms with Crippen molar-refractivity contribution < 1.29 is 9.15 Å². The molecule has 0 radical (unpaired) electrons. The Morgan fingerprint density at radius 2 is 2.04 bits per heavy atom. The van der Waals surface area contributed by atoms with Crippen LogP contribution in [-0.4, -0.2) is 38.8 Å². The highest BCUT2D eigenvalue weighted by Crippen LogP contribution is 2.48. The molecule has 0 saturated heterocycles. The molecule has 0 aromatic carbocycles. The minimum atomic E-state index is 0. The molecule has 2 aromatic rings. The third-order valence-electron chi connectivity index (χ3n) is 5.00. The van der Waals surface area contributed by atoms with E-state index in [1.807, 2.05) is 12.1 Å². The van der Waals surface area contributed by atoms with E-state index >= 15 is 0 Å². The van der Waals surface area contributed by atoms with Crippen LogP contribution in [0.15, 0.2) is 45.3 Å². The molecule has 0 unspecified atom stereocenters. The summed E-state index contributed by atoms with van der Waals surface area (Å²) in [7, 11) is 0. The van der Waals surface area contributed by atoms with E-state index in [4.69, 9.17) is 14.1 Å². The van der Waals surface area contributed by atoms with Gasteiger partial charge in [0.25, 0.3) is 0 Å². The van der Waals surface area contributed by atoms with Crippen molar-refractivity contribution in [3.63, 3.8) is 0 Å². The molecule has 156 valence electrons. The second-order valence-corrected chi connectivity index (χ2v) is 8.16. The summed E-state index contributed by atoms with van der Waals surface area (Å²) in [4.78, 5) is 6.28. The van der Waals surface area contributed by atoms with Crippen molar-refractivity contribution in [1.29, 1.82) is 0 Å². The lowest BCUT2D eigenvalue weighted by molar-refractivity contribution is 0.129. The van der Waals surface area contributed by atoms with Gasteiger partial charge in [0.05, 0.1) is 6.26 Å². The first-order chi connectivity index (χ1) is 13.3. The van der Waals surface area contributed by atoms with Crippen molar-refractivity contribution in [2.24, 2.45) is 10.4 Å². The molecule has 5 nitrogen and oxygen atoms in total. The number of hydrogen-bond acceptors (Lipinski definition) is 4. The Morgan fingerprint density at radius 3 is 2.68 bits per heavy atom. The standard InChI is InChI=1S/C21H31N3O2S.HI/c1-2-25-15-11-21(9-10-21)17-24-20(22-12-7-18-5-3-14-26-18)23-13-8-19-6-4-16-27-19;/h3-6,14,16H,2,7-13,15,17H2,1H3,(H2,22,23,24);1H. The average molecular weight is 517 g/mol. The van der Waals surface area contributed by atoms with Gasteiger partial charge >= 0.3 is 0 Å². The van der Waals surface area contributed by atoms with Gasteiger partial charge in [-0.1, -0.05) is 6.07 Å². The van der Waals surface area contributed by atoms with Crippen LogP contribution in [0.3, 0.4) is 0 Å². The molecule has 7 heteroatoms.